The van der Waals surface area contributed by atoms with E-state index in [1.54, 1.807) is 0 Å². The Kier molecular flexibility index (Phi) is 5.83. The molecule has 1 aromatic heterocycles. The normalized spacial score (nSPS) is 16.6. The molecule has 1 unspecified atom stereocenters. The molecule has 6 heteroatoms. The highest BCUT2D eigenvalue weighted by Gasteiger charge is 2.21. The molecule has 1 saturated heterocycles. The summed E-state index contributed by atoms with van der Waals surface area (Å²) in [6, 6.07) is 10.1. The summed E-state index contributed by atoms with van der Waals surface area (Å²) in [5, 5.41) is 7.11. The molecule has 1 atom stereocenters. The minimum Gasteiger partial charge on any atom is -0.379 e. The Hall–Kier alpha value is -2.18. The quantitative estimate of drug-likeness (QED) is 0.869. The molecule has 134 valence electrons. The number of aryl methyl sites for hydroxylation is 2. The number of carbonyl (C=O) groups is 1. The van der Waals surface area contributed by atoms with Gasteiger partial charge in [0.25, 0.3) is 0 Å². The minimum absolute atomic E-state index is 0.0171. The molecule has 1 aliphatic heterocycles. The monoisotopic (exact) mass is 343 g/mol. The van der Waals surface area contributed by atoms with Crippen molar-refractivity contribution in [3.8, 4) is 0 Å². The Balaban J connectivity index is 1.69. The van der Waals surface area contributed by atoms with Gasteiger partial charge in [0.05, 0.1) is 31.4 Å². The van der Waals surface area contributed by atoms with Crippen molar-refractivity contribution in [2.24, 2.45) is 0 Å². The first kappa shape index (κ1) is 17.6. The molecule has 3 rings (SSSR count). The van der Waals surface area contributed by atoms with Gasteiger partial charge in [-0.25, -0.2) is 0 Å². The Morgan fingerprint density at radius 2 is 1.96 bits per heavy atom. The summed E-state index contributed by atoms with van der Waals surface area (Å²) in [4.78, 5) is 14.9. The molecule has 2 heterocycles. The zero-order valence-corrected chi connectivity index (χ0v) is 14.8. The number of amides is 1. The number of aromatic nitrogens is 1. The average molecular weight is 343 g/mol. The second-order valence-corrected chi connectivity index (χ2v) is 6.42. The van der Waals surface area contributed by atoms with Crippen LogP contribution >= 0.6 is 0 Å². The van der Waals surface area contributed by atoms with Crippen molar-refractivity contribution in [2.45, 2.75) is 26.3 Å². The highest BCUT2D eigenvalue weighted by Crippen LogP contribution is 2.17. The van der Waals surface area contributed by atoms with Crippen LogP contribution in [-0.4, -0.2) is 48.8 Å². The summed E-state index contributed by atoms with van der Waals surface area (Å²) in [5.41, 5.74) is 2.76. The number of nitrogens with zero attached hydrogens (tertiary/aromatic N) is 2. The Morgan fingerprint density at radius 3 is 2.60 bits per heavy atom. The van der Waals surface area contributed by atoms with E-state index in [0.717, 1.165) is 49.7 Å². The van der Waals surface area contributed by atoms with Gasteiger partial charge in [0.2, 0.25) is 5.91 Å². The van der Waals surface area contributed by atoms with Crippen molar-refractivity contribution < 1.29 is 14.1 Å². The number of morpholine rings is 1. The number of nitrogens with one attached hydrogen (secondary N) is 1. The average Bonchev–Trinajstić information content (AvgIpc) is 2.95. The predicted molar refractivity (Wildman–Crippen MR) is 94.3 cm³/mol. The van der Waals surface area contributed by atoms with Crippen LogP contribution in [0.5, 0.6) is 0 Å². The van der Waals surface area contributed by atoms with Crippen LogP contribution in [-0.2, 0) is 16.0 Å². The zero-order chi connectivity index (χ0) is 17.6. The standard InChI is InChI=1S/C19H25N3O3/c1-14-17(15(2)25-21-14)12-19(23)20-18(16-6-4-3-5-7-16)13-22-8-10-24-11-9-22/h3-7,18H,8-13H2,1-2H3,(H,20,23). The first-order valence-corrected chi connectivity index (χ1v) is 8.69. The minimum atomic E-state index is -0.0488. The van der Waals surface area contributed by atoms with Gasteiger partial charge in [-0.15, -0.1) is 0 Å². The van der Waals surface area contributed by atoms with Gasteiger partial charge in [-0.1, -0.05) is 35.5 Å². The van der Waals surface area contributed by atoms with E-state index in [1.165, 1.54) is 0 Å². The summed E-state index contributed by atoms with van der Waals surface area (Å²) in [6.07, 6.45) is 0.285. The maximum absolute atomic E-state index is 12.6. The van der Waals surface area contributed by atoms with Gasteiger partial charge in [0.15, 0.2) is 0 Å². The third-order valence-corrected chi connectivity index (χ3v) is 4.60. The Labute approximate surface area is 148 Å². The molecule has 1 aliphatic rings. The van der Waals surface area contributed by atoms with Crippen molar-refractivity contribution in [3.05, 3.63) is 52.9 Å². The predicted octanol–water partition coefficient (Wildman–Crippen LogP) is 2.02. The fourth-order valence-corrected chi connectivity index (χ4v) is 3.12. The zero-order valence-electron chi connectivity index (χ0n) is 14.8. The molecule has 25 heavy (non-hydrogen) atoms. The molecular weight excluding hydrogens is 318 g/mol. The molecule has 0 aliphatic carbocycles. The fourth-order valence-electron chi connectivity index (χ4n) is 3.12. The number of hydrogen-bond donors (Lipinski definition) is 1. The third-order valence-electron chi connectivity index (χ3n) is 4.60. The van der Waals surface area contributed by atoms with Crippen LogP contribution in [0.1, 0.15) is 28.6 Å². The molecule has 2 aromatic rings. The van der Waals surface area contributed by atoms with E-state index in [1.807, 2.05) is 32.0 Å². The first-order chi connectivity index (χ1) is 12.1. The number of benzene rings is 1. The van der Waals surface area contributed by atoms with E-state index in [0.29, 0.717) is 5.76 Å². The smallest absolute Gasteiger partial charge is 0.225 e. The summed E-state index contributed by atoms with van der Waals surface area (Å²) in [5.74, 6) is 0.689. The van der Waals surface area contributed by atoms with Crippen molar-refractivity contribution in [1.29, 1.82) is 0 Å². The van der Waals surface area contributed by atoms with E-state index < -0.39 is 0 Å². The van der Waals surface area contributed by atoms with Gasteiger partial charge < -0.3 is 14.6 Å². The highest BCUT2D eigenvalue weighted by molar-refractivity contribution is 5.79. The number of hydrogen-bond acceptors (Lipinski definition) is 5. The van der Waals surface area contributed by atoms with Crippen molar-refractivity contribution in [3.63, 3.8) is 0 Å². The summed E-state index contributed by atoms with van der Waals surface area (Å²) in [6.45, 7) is 7.75. The van der Waals surface area contributed by atoms with Gasteiger partial charge in [-0.2, -0.15) is 0 Å². The lowest BCUT2D eigenvalue weighted by Crippen LogP contribution is -2.43. The van der Waals surface area contributed by atoms with Crippen LogP contribution in [0.4, 0.5) is 0 Å². The molecule has 0 saturated carbocycles. The molecule has 0 bridgehead atoms. The van der Waals surface area contributed by atoms with E-state index in [9.17, 15) is 4.79 Å². The van der Waals surface area contributed by atoms with Crippen LogP contribution in [0.25, 0.3) is 0 Å². The van der Waals surface area contributed by atoms with Crippen molar-refractivity contribution in [2.75, 3.05) is 32.8 Å². The van der Waals surface area contributed by atoms with E-state index in [2.05, 4.69) is 27.5 Å². The van der Waals surface area contributed by atoms with Gasteiger partial charge in [0.1, 0.15) is 5.76 Å². The van der Waals surface area contributed by atoms with Crippen LogP contribution < -0.4 is 5.32 Å². The van der Waals surface area contributed by atoms with E-state index in [-0.39, 0.29) is 18.4 Å². The largest absolute Gasteiger partial charge is 0.379 e. The maximum Gasteiger partial charge on any atom is 0.225 e. The van der Waals surface area contributed by atoms with Crippen LogP contribution in [0, 0.1) is 13.8 Å². The fraction of sp³-hybridized carbons (Fsp3) is 0.474. The van der Waals surface area contributed by atoms with Gasteiger partial charge in [0, 0.05) is 25.2 Å². The maximum atomic E-state index is 12.6. The molecule has 1 fully saturated rings. The van der Waals surface area contributed by atoms with Crippen LogP contribution in [0.3, 0.4) is 0 Å². The molecule has 1 N–H and O–H groups in total. The van der Waals surface area contributed by atoms with E-state index in [4.69, 9.17) is 9.26 Å². The van der Waals surface area contributed by atoms with Crippen LogP contribution in [0.2, 0.25) is 0 Å². The third kappa shape index (κ3) is 4.67. The number of rotatable bonds is 6. The topological polar surface area (TPSA) is 67.6 Å². The van der Waals surface area contributed by atoms with Gasteiger partial charge >= 0.3 is 0 Å². The molecular formula is C19H25N3O3. The van der Waals surface area contributed by atoms with E-state index >= 15 is 0 Å². The second-order valence-electron chi connectivity index (χ2n) is 6.42. The molecule has 1 aromatic carbocycles. The molecule has 1 amide bonds. The molecule has 0 radical (unpaired) electrons. The summed E-state index contributed by atoms with van der Waals surface area (Å²) >= 11 is 0. The lowest BCUT2D eigenvalue weighted by Gasteiger charge is -2.31. The van der Waals surface area contributed by atoms with Gasteiger partial charge in [-0.05, 0) is 19.4 Å². The highest BCUT2D eigenvalue weighted by atomic mass is 16.5. The van der Waals surface area contributed by atoms with Crippen LogP contribution in [0.15, 0.2) is 34.9 Å². The summed E-state index contributed by atoms with van der Waals surface area (Å²) < 4.78 is 10.6. The number of ether oxygens (including phenoxy) is 1. The second kappa shape index (κ2) is 8.27. The molecule has 6 nitrogen and oxygen atoms in total. The first-order valence-electron chi connectivity index (χ1n) is 8.69. The lowest BCUT2D eigenvalue weighted by molar-refractivity contribution is -0.121. The SMILES string of the molecule is Cc1noc(C)c1CC(=O)NC(CN1CCOCC1)c1ccccc1. The van der Waals surface area contributed by atoms with Crippen molar-refractivity contribution >= 4 is 5.91 Å². The van der Waals surface area contributed by atoms with Gasteiger partial charge in [-0.3, -0.25) is 9.69 Å². The molecule has 0 spiro atoms. The Morgan fingerprint density at radius 1 is 1.24 bits per heavy atom. The Bertz CT molecular complexity index is 674. The summed E-state index contributed by atoms with van der Waals surface area (Å²) in [7, 11) is 0. The number of carbonyl (C=O) groups excluding carboxylic acids is 1. The lowest BCUT2D eigenvalue weighted by atomic mass is 10.0. The van der Waals surface area contributed by atoms with Crippen molar-refractivity contribution in [1.82, 2.24) is 15.4 Å².